The highest BCUT2D eigenvalue weighted by atomic mass is 16.5. The van der Waals surface area contributed by atoms with Crippen molar-refractivity contribution in [3.63, 3.8) is 0 Å². The van der Waals surface area contributed by atoms with Crippen LogP contribution in [0.15, 0.2) is 66.7 Å². The first kappa shape index (κ1) is 18.1. The van der Waals surface area contributed by atoms with Gasteiger partial charge in [-0.3, -0.25) is 4.90 Å². The van der Waals surface area contributed by atoms with Gasteiger partial charge in [-0.1, -0.05) is 60.7 Å². The van der Waals surface area contributed by atoms with Crippen LogP contribution in [0.1, 0.15) is 11.1 Å². The SMILES string of the molecule is Cc1cccc2[nH]c(-c3ccc(-c4ccc(CN5CCOCC5)cc4)cc3)nc12. The number of hydrogen-bond donors (Lipinski definition) is 1. The molecule has 1 aromatic heterocycles. The van der Waals surface area contributed by atoms with Gasteiger partial charge in [-0.2, -0.15) is 0 Å². The second-order valence-corrected chi connectivity index (χ2v) is 7.72. The molecule has 0 bridgehead atoms. The smallest absolute Gasteiger partial charge is 0.138 e. The monoisotopic (exact) mass is 383 g/mol. The van der Waals surface area contributed by atoms with E-state index in [9.17, 15) is 0 Å². The van der Waals surface area contributed by atoms with Crippen LogP contribution in [0.3, 0.4) is 0 Å². The average molecular weight is 383 g/mol. The second-order valence-electron chi connectivity index (χ2n) is 7.72. The molecule has 1 fully saturated rings. The molecule has 0 saturated carbocycles. The summed E-state index contributed by atoms with van der Waals surface area (Å²) in [7, 11) is 0. The molecule has 0 unspecified atom stereocenters. The quantitative estimate of drug-likeness (QED) is 0.537. The molecule has 1 N–H and O–H groups in total. The van der Waals surface area contributed by atoms with Crippen LogP contribution in [0.4, 0.5) is 0 Å². The van der Waals surface area contributed by atoms with E-state index in [0.29, 0.717) is 0 Å². The normalized spacial score (nSPS) is 15.1. The molecule has 1 aliphatic heterocycles. The number of rotatable bonds is 4. The lowest BCUT2D eigenvalue weighted by atomic mass is 10.0. The molecule has 29 heavy (non-hydrogen) atoms. The lowest BCUT2D eigenvalue weighted by Crippen LogP contribution is -2.35. The number of benzene rings is 3. The van der Waals surface area contributed by atoms with Crippen molar-refractivity contribution in [1.29, 1.82) is 0 Å². The number of morpholine rings is 1. The van der Waals surface area contributed by atoms with Gasteiger partial charge in [-0.25, -0.2) is 4.98 Å². The van der Waals surface area contributed by atoms with E-state index < -0.39 is 0 Å². The lowest BCUT2D eigenvalue weighted by molar-refractivity contribution is 0.0342. The minimum Gasteiger partial charge on any atom is -0.379 e. The van der Waals surface area contributed by atoms with Crippen molar-refractivity contribution in [2.75, 3.05) is 26.3 Å². The van der Waals surface area contributed by atoms with Crippen molar-refractivity contribution in [2.45, 2.75) is 13.5 Å². The maximum atomic E-state index is 5.43. The topological polar surface area (TPSA) is 41.2 Å². The Bertz CT molecular complexity index is 1110. The minimum absolute atomic E-state index is 0.842. The summed E-state index contributed by atoms with van der Waals surface area (Å²) in [6.45, 7) is 6.81. The van der Waals surface area contributed by atoms with E-state index in [2.05, 4.69) is 83.5 Å². The number of fused-ring (bicyclic) bond motifs is 1. The van der Waals surface area contributed by atoms with Gasteiger partial charge < -0.3 is 9.72 Å². The van der Waals surface area contributed by atoms with Gasteiger partial charge in [0.1, 0.15) is 5.82 Å². The maximum Gasteiger partial charge on any atom is 0.138 e. The fraction of sp³-hybridized carbons (Fsp3) is 0.240. The number of H-pyrrole nitrogens is 1. The molecule has 4 aromatic rings. The highest BCUT2D eigenvalue weighted by Gasteiger charge is 2.11. The van der Waals surface area contributed by atoms with E-state index in [0.717, 1.165) is 55.3 Å². The molecule has 5 rings (SSSR count). The molecule has 2 heterocycles. The molecule has 4 nitrogen and oxygen atoms in total. The maximum absolute atomic E-state index is 5.43. The van der Waals surface area contributed by atoms with Crippen molar-refractivity contribution >= 4 is 11.0 Å². The van der Waals surface area contributed by atoms with E-state index in [-0.39, 0.29) is 0 Å². The van der Waals surface area contributed by atoms with Gasteiger partial charge in [0.2, 0.25) is 0 Å². The predicted molar refractivity (Wildman–Crippen MR) is 118 cm³/mol. The molecular formula is C25H25N3O. The number of aromatic amines is 1. The predicted octanol–water partition coefficient (Wildman–Crippen LogP) is 5.04. The zero-order chi connectivity index (χ0) is 19.6. The van der Waals surface area contributed by atoms with Gasteiger partial charge in [0.05, 0.1) is 24.2 Å². The summed E-state index contributed by atoms with van der Waals surface area (Å²) < 4.78 is 5.43. The molecule has 1 aliphatic rings. The third-order valence-electron chi connectivity index (χ3n) is 5.67. The zero-order valence-corrected chi connectivity index (χ0v) is 16.7. The third-order valence-corrected chi connectivity index (χ3v) is 5.67. The molecule has 0 amide bonds. The third kappa shape index (κ3) is 3.82. The van der Waals surface area contributed by atoms with Crippen molar-refractivity contribution in [1.82, 2.24) is 14.9 Å². The van der Waals surface area contributed by atoms with Crippen molar-refractivity contribution in [2.24, 2.45) is 0 Å². The first-order chi connectivity index (χ1) is 14.3. The summed E-state index contributed by atoms with van der Waals surface area (Å²) in [5.41, 5.74) is 8.24. The van der Waals surface area contributed by atoms with Gasteiger partial charge in [-0.05, 0) is 35.2 Å². The molecule has 0 spiro atoms. The van der Waals surface area contributed by atoms with E-state index in [1.807, 2.05) is 0 Å². The first-order valence-corrected chi connectivity index (χ1v) is 10.2. The van der Waals surface area contributed by atoms with Crippen LogP contribution in [0.2, 0.25) is 0 Å². The van der Waals surface area contributed by atoms with Crippen LogP contribution in [0, 0.1) is 6.92 Å². The molecular weight excluding hydrogens is 358 g/mol. The van der Waals surface area contributed by atoms with Crippen LogP contribution in [0.5, 0.6) is 0 Å². The van der Waals surface area contributed by atoms with Crippen LogP contribution in [0.25, 0.3) is 33.5 Å². The molecule has 4 heteroatoms. The zero-order valence-electron chi connectivity index (χ0n) is 16.7. The summed E-state index contributed by atoms with van der Waals surface area (Å²) in [6, 6.07) is 23.8. The molecule has 146 valence electrons. The van der Waals surface area contributed by atoms with Gasteiger partial charge in [0, 0.05) is 25.2 Å². The Hall–Kier alpha value is -2.95. The van der Waals surface area contributed by atoms with Crippen LogP contribution in [-0.2, 0) is 11.3 Å². The Morgan fingerprint density at radius 1 is 0.862 bits per heavy atom. The fourth-order valence-electron chi connectivity index (χ4n) is 3.95. The number of para-hydroxylation sites is 1. The highest BCUT2D eigenvalue weighted by Crippen LogP contribution is 2.26. The van der Waals surface area contributed by atoms with Crippen LogP contribution in [-0.4, -0.2) is 41.2 Å². The van der Waals surface area contributed by atoms with Crippen molar-refractivity contribution in [3.8, 4) is 22.5 Å². The highest BCUT2D eigenvalue weighted by molar-refractivity contribution is 5.82. The average Bonchev–Trinajstić information content (AvgIpc) is 3.21. The number of nitrogens with zero attached hydrogens (tertiary/aromatic N) is 2. The Kier molecular flexibility index (Phi) is 4.88. The second kappa shape index (κ2) is 7.82. The molecule has 1 saturated heterocycles. The number of aryl methyl sites for hydroxylation is 1. The van der Waals surface area contributed by atoms with Crippen molar-refractivity contribution in [3.05, 3.63) is 77.9 Å². The van der Waals surface area contributed by atoms with Crippen molar-refractivity contribution < 1.29 is 4.74 Å². The number of aromatic nitrogens is 2. The number of nitrogens with one attached hydrogen (secondary N) is 1. The van der Waals surface area contributed by atoms with E-state index in [1.54, 1.807) is 0 Å². The molecule has 0 atom stereocenters. The summed E-state index contributed by atoms with van der Waals surface area (Å²) >= 11 is 0. The Labute approximate surface area is 171 Å². The summed E-state index contributed by atoms with van der Waals surface area (Å²) in [6.07, 6.45) is 0. The Morgan fingerprint density at radius 3 is 2.21 bits per heavy atom. The Balaban J connectivity index is 1.33. The van der Waals surface area contributed by atoms with E-state index in [4.69, 9.17) is 9.72 Å². The van der Waals surface area contributed by atoms with Gasteiger partial charge in [-0.15, -0.1) is 0 Å². The van der Waals surface area contributed by atoms with Gasteiger partial charge >= 0.3 is 0 Å². The summed E-state index contributed by atoms with van der Waals surface area (Å²) in [5, 5.41) is 0. The molecule has 0 aliphatic carbocycles. The number of ether oxygens (including phenoxy) is 1. The number of imidazole rings is 1. The molecule has 0 radical (unpaired) electrons. The van der Waals surface area contributed by atoms with Crippen LogP contribution >= 0.6 is 0 Å². The standard InChI is InChI=1S/C25H25N3O/c1-18-3-2-4-23-24(18)27-25(26-23)22-11-9-21(10-12-22)20-7-5-19(6-8-20)17-28-13-15-29-16-14-28/h2-12H,13-17H2,1H3,(H,26,27). The van der Waals surface area contributed by atoms with Gasteiger partial charge in [0.15, 0.2) is 0 Å². The minimum atomic E-state index is 0.842. The van der Waals surface area contributed by atoms with E-state index in [1.165, 1.54) is 22.3 Å². The lowest BCUT2D eigenvalue weighted by Gasteiger charge is -2.26. The Morgan fingerprint density at radius 2 is 1.52 bits per heavy atom. The largest absolute Gasteiger partial charge is 0.379 e. The summed E-state index contributed by atoms with van der Waals surface area (Å²) in [5.74, 6) is 0.918. The van der Waals surface area contributed by atoms with Crippen LogP contribution < -0.4 is 0 Å². The fourth-order valence-corrected chi connectivity index (χ4v) is 3.95. The molecule has 3 aromatic carbocycles. The van der Waals surface area contributed by atoms with E-state index >= 15 is 0 Å². The first-order valence-electron chi connectivity index (χ1n) is 10.2. The summed E-state index contributed by atoms with van der Waals surface area (Å²) in [4.78, 5) is 10.7. The van der Waals surface area contributed by atoms with Gasteiger partial charge in [0.25, 0.3) is 0 Å². The number of hydrogen-bond acceptors (Lipinski definition) is 3.